The van der Waals surface area contributed by atoms with Crippen LogP contribution in [0, 0.1) is 0 Å². The van der Waals surface area contributed by atoms with Gasteiger partial charge >= 0.3 is 0 Å². The van der Waals surface area contributed by atoms with E-state index in [0.29, 0.717) is 35.0 Å². The summed E-state index contributed by atoms with van der Waals surface area (Å²) in [5.74, 6) is 0.148. The minimum Gasteiger partial charge on any atom is -0.497 e. The highest BCUT2D eigenvalue weighted by Crippen LogP contribution is 2.24. The van der Waals surface area contributed by atoms with Gasteiger partial charge < -0.3 is 20.1 Å². The molecule has 0 unspecified atom stereocenters. The smallest absolute Gasteiger partial charge is 0.278 e. The number of anilines is 2. The molecule has 0 aliphatic carbocycles. The zero-order valence-electron chi connectivity index (χ0n) is 16.4. The van der Waals surface area contributed by atoms with E-state index in [-0.39, 0.29) is 5.69 Å². The molecule has 2 amide bonds. The number of rotatable bonds is 7. The molecule has 29 heavy (non-hydrogen) atoms. The molecular formula is C21H22N4O4. The zero-order valence-corrected chi connectivity index (χ0v) is 16.4. The zero-order chi connectivity index (χ0) is 20.8. The Morgan fingerprint density at radius 2 is 1.62 bits per heavy atom. The molecule has 0 bridgehead atoms. The van der Waals surface area contributed by atoms with E-state index in [9.17, 15) is 9.59 Å². The summed E-state index contributed by atoms with van der Waals surface area (Å²) in [7, 11) is 3.02. The van der Waals surface area contributed by atoms with Crippen molar-refractivity contribution in [1.82, 2.24) is 9.78 Å². The molecule has 0 atom stereocenters. The summed E-state index contributed by atoms with van der Waals surface area (Å²) in [5.41, 5.74) is 1.41. The Balaban J connectivity index is 1.86. The van der Waals surface area contributed by atoms with E-state index in [1.54, 1.807) is 41.2 Å². The fourth-order valence-corrected chi connectivity index (χ4v) is 2.69. The van der Waals surface area contributed by atoms with E-state index in [0.717, 1.165) is 0 Å². The summed E-state index contributed by atoms with van der Waals surface area (Å²) in [6, 6.07) is 13.9. The predicted octanol–water partition coefficient (Wildman–Crippen LogP) is 3.42. The van der Waals surface area contributed by atoms with Gasteiger partial charge in [-0.15, -0.1) is 0 Å². The van der Waals surface area contributed by atoms with E-state index in [4.69, 9.17) is 9.47 Å². The maximum absolute atomic E-state index is 12.8. The Labute approximate surface area is 168 Å². The standard InChI is InChI=1S/C21H22N4O4/c1-4-25-13-18(19(24-25)21(27)22-15-8-6-5-7-9-15)23-20(26)14-10-16(28-2)12-17(11-14)29-3/h5-13H,4H2,1-3H3,(H,22,27)(H,23,26). The van der Waals surface area contributed by atoms with Gasteiger partial charge in [0, 0.05) is 30.1 Å². The number of carbonyl (C=O) groups excluding carboxylic acids is 2. The van der Waals surface area contributed by atoms with Crippen LogP contribution in [0.3, 0.4) is 0 Å². The first kappa shape index (κ1) is 19.9. The molecule has 0 fully saturated rings. The summed E-state index contributed by atoms with van der Waals surface area (Å²) in [6.07, 6.45) is 1.62. The van der Waals surface area contributed by atoms with Crippen molar-refractivity contribution in [2.24, 2.45) is 0 Å². The quantitative estimate of drug-likeness (QED) is 0.640. The molecular weight excluding hydrogens is 372 g/mol. The molecule has 150 valence electrons. The molecule has 0 aliphatic rings. The van der Waals surface area contributed by atoms with Crippen LogP contribution in [-0.2, 0) is 6.54 Å². The SMILES string of the molecule is CCn1cc(NC(=O)c2cc(OC)cc(OC)c2)c(C(=O)Nc2ccccc2)n1. The maximum Gasteiger partial charge on any atom is 0.278 e. The van der Waals surface area contributed by atoms with Gasteiger partial charge in [0.1, 0.15) is 11.5 Å². The van der Waals surface area contributed by atoms with Crippen molar-refractivity contribution in [2.45, 2.75) is 13.5 Å². The molecule has 0 saturated carbocycles. The fraction of sp³-hybridized carbons (Fsp3) is 0.190. The molecule has 8 nitrogen and oxygen atoms in total. The summed E-state index contributed by atoms with van der Waals surface area (Å²) in [6.45, 7) is 2.44. The molecule has 1 aromatic heterocycles. The lowest BCUT2D eigenvalue weighted by atomic mass is 10.2. The number of para-hydroxylation sites is 1. The number of carbonyl (C=O) groups is 2. The first-order valence-corrected chi connectivity index (χ1v) is 9.02. The second kappa shape index (κ2) is 8.92. The van der Waals surface area contributed by atoms with Crippen LogP contribution in [0.15, 0.2) is 54.7 Å². The molecule has 3 aromatic rings. The highest BCUT2D eigenvalue weighted by atomic mass is 16.5. The summed E-state index contributed by atoms with van der Waals surface area (Å²) in [4.78, 5) is 25.5. The van der Waals surface area contributed by atoms with E-state index in [1.807, 2.05) is 25.1 Å². The lowest BCUT2D eigenvalue weighted by Gasteiger charge is -2.09. The van der Waals surface area contributed by atoms with Crippen LogP contribution in [0.5, 0.6) is 11.5 Å². The van der Waals surface area contributed by atoms with Crippen LogP contribution in [0.1, 0.15) is 27.8 Å². The van der Waals surface area contributed by atoms with Crippen molar-refractivity contribution in [2.75, 3.05) is 24.9 Å². The normalized spacial score (nSPS) is 10.3. The van der Waals surface area contributed by atoms with E-state index < -0.39 is 11.8 Å². The second-order valence-electron chi connectivity index (χ2n) is 6.12. The van der Waals surface area contributed by atoms with E-state index in [1.165, 1.54) is 14.2 Å². The van der Waals surface area contributed by atoms with Crippen LogP contribution in [-0.4, -0.2) is 35.8 Å². The van der Waals surface area contributed by atoms with Gasteiger partial charge in [0.05, 0.1) is 19.9 Å². The molecule has 0 saturated heterocycles. The van der Waals surface area contributed by atoms with Crippen molar-refractivity contribution < 1.29 is 19.1 Å². The molecule has 8 heteroatoms. The van der Waals surface area contributed by atoms with Gasteiger partial charge in [0.2, 0.25) is 0 Å². The van der Waals surface area contributed by atoms with Crippen LogP contribution in [0.25, 0.3) is 0 Å². The molecule has 2 N–H and O–H groups in total. The van der Waals surface area contributed by atoms with Crippen LogP contribution in [0.2, 0.25) is 0 Å². The monoisotopic (exact) mass is 394 g/mol. The van der Waals surface area contributed by atoms with E-state index >= 15 is 0 Å². The number of nitrogens with one attached hydrogen (secondary N) is 2. The number of nitrogens with zero attached hydrogens (tertiary/aromatic N) is 2. The Bertz CT molecular complexity index is 993. The van der Waals surface area contributed by atoms with Crippen LogP contribution >= 0.6 is 0 Å². The summed E-state index contributed by atoms with van der Waals surface area (Å²) in [5, 5.41) is 9.82. The molecule has 2 aromatic carbocycles. The average molecular weight is 394 g/mol. The molecule has 1 heterocycles. The first-order valence-electron chi connectivity index (χ1n) is 9.02. The summed E-state index contributed by atoms with van der Waals surface area (Å²) < 4.78 is 12.0. The second-order valence-corrected chi connectivity index (χ2v) is 6.12. The highest BCUT2D eigenvalue weighted by Gasteiger charge is 2.20. The van der Waals surface area contributed by atoms with Crippen LogP contribution in [0.4, 0.5) is 11.4 Å². The third-order valence-electron chi connectivity index (χ3n) is 4.19. The van der Waals surface area contributed by atoms with Crippen molar-refractivity contribution in [3.8, 4) is 11.5 Å². The van der Waals surface area contributed by atoms with E-state index in [2.05, 4.69) is 15.7 Å². The third-order valence-corrected chi connectivity index (χ3v) is 4.19. The Morgan fingerprint density at radius 3 is 2.21 bits per heavy atom. The third kappa shape index (κ3) is 4.73. The van der Waals surface area contributed by atoms with Gasteiger partial charge in [0.25, 0.3) is 11.8 Å². The number of aromatic nitrogens is 2. The Hall–Kier alpha value is -3.81. The Morgan fingerprint density at radius 1 is 0.966 bits per heavy atom. The van der Waals surface area contributed by atoms with Gasteiger partial charge in [0.15, 0.2) is 5.69 Å². The number of benzene rings is 2. The predicted molar refractivity (Wildman–Crippen MR) is 110 cm³/mol. The molecule has 0 aliphatic heterocycles. The number of aryl methyl sites for hydroxylation is 1. The van der Waals surface area contributed by atoms with Gasteiger partial charge in [-0.3, -0.25) is 14.3 Å². The molecule has 0 spiro atoms. The van der Waals surface area contributed by atoms with Gasteiger partial charge in [-0.1, -0.05) is 18.2 Å². The number of amides is 2. The largest absolute Gasteiger partial charge is 0.497 e. The Kier molecular flexibility index (Phi) is 6.13. The number of hydrogen-bond donors (Lipinski definition) is 2. The number of methoxy groups -OCH3 is 2. The number of ether oxygens (including phenoxy) is 2. The first-order chi connectivity index (χ1) is 14.0. The summed E-state index contributed by atoms with van der Waals surface area (Å²) >= 11 is 0. The molecule has 0 radical (unpaired) electrons. The van der Waals surface area contributed by atoms with Crippen molar-refractivity contribution in [3.63, 3.8) is 0 Å². The van der Waals surface area contributed by atoms with Crippen molar-refractivity contribution in [3.05, 3.63) is 66.0 Å². The van der Waals surface area contributed by atoms with Gasteiger partial charge in [-0.05, 0) is 31.2 Å². The topological polar surface area (TPSA) is 94.5 Å². The lowest BCUT2D eigenvalue weighted by molar-refractivity contribution is 0.102. The minimum absolute atomic E-state index is 0.124. The maximum atomic E-state index is 12.8. The minimum atomic E-state index is -0.415. The molecule has 3 rings (SSSR count). The average Bonchev–Trinajstić information content (AvgIpc) is 3.17. The highest BCUT2D eigenvalue weighted by molar-refractivity contribution is 6.11. The fourth-order valence-electron chi connectivity index (χ4n) is 2.69. The van der Waals surface area contributed by atoms with Gasteiger partial charge in [-0.25, -0.2) is 0 Å². The number of hydrogen-bond acceptors (Lipinski definition) is 5. The van der Waals surface area contributed by atoms with Gasteiger partial charge in [-0.2, -0.15) is 5.10 Å². The van der Waals surface area contributed by atoms with Crippen LogP contribution < -0.4 is 20.1 Å². The lowest BCUT2D eigenvalue weighted by Crippen LogP contribution is -2.18. The van der Waals surface area contributed by atoms with Crippen molar-refractivity contribution >= 4 is 23.2 Å². The van der Waals surface area contributed by atoms with Crippen molar-refractivity contribution in [1.29, 1.82) is 0 Å².